The van der Waals surface area contributed by atoms with Crippen LogP contribution < -0.4 is 0 Å². The Hall–Kier alpha value is -2.60. The van der Waals surface area contributed by atoms with Crippen molar-refractivity contribution < 1.29 is 4.92 Å². The first kappa shape index (κ1) is 20.4. The van der Waals surface area contributed by atoms with E-state index in [4.69, 9.17) is 15.1 Å². The molecule has 3 rings (SSSR count). The van der Waals surface area contributed by atoms with Gasteiger partial charge in [-0.3, -0.25) is 15.1 Å². The number of nitro groups is 1. The highest BCUT2D eigenvalue weighted by Crippen LogP contribution is 2.28. The second kappa shape index (κ2) is 10.3. The van der Waals surface area contributed by atoms with Gasteiger partial charge in [-0.05, 0) is 18.6 Å². The number of thiazole rings is 1. The van der Waals surface area contributed by atoms with Gasteiger partial charge in [-0.15, -0.1) is 11.3 Å². The zero-order chi connectivity index (χ0) is 17.4. The molecule has 0 bridgehead atoms. The zero-order valence-electron chi connectivity index (χ0n) is 13.7. The summed E-state index contributed by atoms with van der Waals surface area (Å²) in [4.78, 5) is 17.4. The molecule has 25 heavy (non-hydrogen) atoms. The number of hydrogen-bond acceptors (Lipinski definition) is 5. The molecule has 0 aliphatic rings. The Balaban J connectivity index is 0.000000568. The highest BCUT2D eigenvalue weighted by atomic mass is 32.1. The second-order valence-corrected chi connectivity index (χ2v) is 5.99. The van der Waals surface area contributed by atoms with Gasteiger partial charge in [0.05, 0.1) is 5.69 Å². The standard InChI is InChI=1S/C17H16N2S.CH3NO2.CH4/c1-2-6-15-11-14(9-10-18-15)17-19-16(12-20-17)13-7-4-3-5-8-13;1-2(3)4;/h3-5,7-12H,2,6H2,1H3;1H3;1H4. The fourth-order valence-electron chi connectivity index (χ4n) is 2.15. The van der Waals surface area contributed by atoms with E-state index in [2.05, 4.69) is 35.5 Å². The lowest BCUT2D eigenvalue weighted by molar-refractivity contribution is -0.445. The Morgan fingerprint density at radius 2 is 1.84 bits per heavy atom. The average molecular weight is 357 g/mol. The Kier molecular flexibility index (Phi) is 8.43. The van der Waals surface area contributed by atoms with Crippen molar-refractivity contribution in [1.29, 1.82) is 0 Å². The van der Waals surface area contributed by atoms with E-state index in [0.29, 0.717) is 0 Å². The van der Waals surface area contributed by atoms with Crippen molar-refractivity contribution in [2.75, 3.05) is 7.05 Å². The first-order valence-corrected chi connectivity index (χ1v) is 8.52. The normalized spacial score (nSPS) is 9.52. The van der Waals surface area contributed by atoms with Crippen molar-refractivity contribution in [2.45, 2.75) is 27.2 Å². The smallest absolute Gasteiger partial charge is 0.194 e. The number of aromatic nitrogens is 2. The molecule has 0 fully saturated rings. The molecule has 0 saturated heterocycles. The molecule has 2 aromatic heterocycles. The summed E-state index contributed by atoms with van der Waals surface area (Å²) in [6, 6.07) is 14.5. The molecule has 132 valence electrons. The van der Waals surface area contributed by atoms with Crippen LogP contribution in [-0.2, 0) is 6.42 Å². The van der Waals surface area contributed by atoms with E-state index < -0.39 is 4.92 Å². The van der Waals surface area contributed by atoms with Crippen molar-refractivity contribution in [2.24, 2.45) is 0 Å². The maximum absolute atomic E-state index is 8.81. The summed E-state index contributed by atoms with van der Waals surface area (Å²) < 4.78 is 0. The van der Waals surface area contributed by atoms with Gasteiger partial charge in [0, 0.05) is 33.3 Å². The maximum atomic E-state index is 8.81. The number of nitrogens with zero attached hydrogens (tertiary/aromatic N) is 3. The van der Waals surface area contributed by atoms with Gasteiger partial charge in [-0.1, -0.05) is 51.1 Å². The van der Waals surface area contributed by atoms with Crippen LogP contribution in [0, 0.1) is 10.1 Å². The minimum absolute atomic E-state index is 0. The van der Waals surface area contributed by atoms with Crippen LogP contribution in [-0.4, -0.2) is 21.9 Å². The lowest BCUT2D eigenvalue weighted by Crippen LogP contribution is -1.89. The monoisotopic (exact) mass is 357 g/mol. The van der Waals surface area contributed by atoms with Gasteiger partial charge in [-0.2, -0.15) is 0 Å². The quantitative estimate of drug-likeness (QED) is 0.466. The van der Waals surface area contributed by atoms with Gasteiger partial charge < -0.3 is 0 Å². The van der Waals surface area contributed by atoms with Crippen LogP contribution in [0.4, 0.5) is 0 Å². The molecule has 0 aliphatic heterocycles. The molecule has 0 amide bonds. The van der Waals surface area contributed by atoms with Gasteiger partial charge in [0.1, 0.15) is 5.01 Å². The van der Waals surface area contributed by atoms with Crippen molar-refractivity contribution >= 4 is 11.3 Å². The highest BCUT2D eigenvalue weighted by Gasteiger charge is 2.07. The van der Waals surface area contributed by atoms with Gasteiger partial charge in [0.15, 0.2) is 7.05 Å². The summed E-state index contributed by atoms with van der Waals surface area (Å²) in [5, 5.41) is 12.0. The molecule has 0 atom stereocenters. The van der Waals surface area contributed by atoms with Crippen LogP contribution >= 0.6 is 11.3 Å². The molecular weight excluding hydrogens is 334 g/mol. The highest BCUT2D eigenvalue weighted by molar-refractivity contribution is 7.13. The largest absolute Gasteiger partial charge is 0.265 e. The van der Waals surface area contributed by atoms with E-state index in [1.165, 1.54) is 0 Å². The van der Waals surface area contributed by atoms with Gasteiger partial charge in [0.2, 0.25) is 0 Å². The van der Waals surface area contributed by atoms with Gasteiger partial charge in [-0.25, -0.2) is 4.98 Å². The zero-order valence-corrected chi connectivity index (χ0v) is 14.5. The van der Waals surface area contributed by atoms with E-state index in [1.54, 1.807) is 11.3 Å². The lowest BCUT2D eigenvalue weighted by atomic mass is 10.1. The van der Waals surface area contributed by atoms with Crippen LogP contribution in [0.25, 0.3) is 21.8 Å². The molecule has 0 N–H and O–H groups in total. The Bertz CT molecular complexity index is 784. The van der Waals surface area contributed by atoms with Crippen molar-refractivity contribution in [3.63, 3.8) is 0 Å². The predicted octanol–water partition coefficient (Wildman–Crippen LogP) is 5.35. The van der Waals surface area contributed by atoms with Crippen molar-refractivity contribution in [3.8, 4) is 21.8 Å². The first-order chi connectivity index (χ1) is 11.6. The summed E-state index contributed by atoms with van der Waals surface area (Å²) in [6.07, 6.45) is 4.01. The first-order valence-electron chi connectivity index (χ1n) is 7.64. The van der Waals surface area contributed by atoms with Crippen molar-refractivity contribution in [3.05, 3.63) is 69.8 Å². The fraction of sp³-hybridized carbons (Fsp3) is 0.263. The Labute approximate surface area is 152 Å². The molecule has 6 heteroatoms. The van der Waals surface area contributed by atoms with E-state index in [0.717, 1.165) is 47.4 Å². The van der Waals surface area contributed by atoms with Crippen LogP contribution in [0.3, 0.4) is 0 Å². The van der Waals surface area contributed by atoms with E-state index >= 15 is 0 Å². The Morgan fingerprint density at radius 1 is 1.16 bits per heavy atom. The topological polar surface area (TPSA) is 68.9 Å². The molecule has 3 aromatic rings. The number of pyridine rings is 1. The van der Waals surface area contributed by atoms with Crippen LogP contribution in [0.2, 0.25) is 0 Å². The SMILES string of the molecule is C.CCCc1cc(-c2nc(-c3ccccc3)cs2)ccn1.C[N+](=O)[O-]. The van der Waals surface area contributed by atoms with Crippen LogP contribution in [0.5, 0.6) is 0 Å². The number of rotatable bonds is 4. The molecule has 0 unspecified atom stereocenters. The van der Waals surface area contributed by atoms with Crippen molar-refractivity contribution in [1.82, 2.24) is 9.97 Å². The molecule has 0 aliphatic carbocycles. The minimum Gasteiger partial charge on any atom is -0.265 e. The number of hydrogen-bond donors (Lipinski definition) is 0. The summed E-state index contributed by atoms with van der Waals surface area (Å²) in [7, 11) is 0.889. The molecule has 5 nitrogen and oxygen atoms in total. The Morgan fingerprint density at radius 3 is 2.48 bits per heavy atom. The number of benzene rings is 1. The van der Waals surface area contributed by atoms with E-state index in [-0.39, 0.29) is 7.43 Å². The third-order valence-electron chi connectivity index (χ3n) is 3.14. The van der Waals surface area contributed by atoms with Crippen LogP contribution in [0.1, 0.15) is 26.5 Å². The average Bonchev–Trinajstić information content (AvgIpc) is 3.06. The summed E-state index contributed by atoms with van der Waals surface area (Å²) >= 11 is 1.69. The second-order valence-electron chi connectivity index (χ2n) is 5.13. The summed E-state index contributed by atoms with van der Waals surface area (Å²) in [6.45, 7) is 2.17. The third-order valence-corrected chi connectivity index (χ3v) is 4.03. The molecule has 0 saturated carbocycles. The molecule has 0 radical (unpaired) electrons. The maximum Gasteiger partial charge on any atom is 0.194 e. The third kappa shape index (κ3) is 6.43. The van der Waals surface area contributed by atoms with Gasteiger partial charge >= 0.3 is 0 Å². The number of aryl methyl sites for hydroxylation is 1. The van der Waals surface area contributed by atoms with E-state index in [1.807, 2.05) is 30.5 Å². The molecule has 1 aromatic carbocycles. The van der Waals surface area contributed by atoms with E-state index in [9.17, 15) is 0 Å². The molecule has 2 heterocycles. The minimum atomic E-state index is -0.500. The van der Waals surface area contributed by atoms with Crippen LogP contribution in [0.15, 0.2) is 54.0 Å². The lowest BCUT2D eigenvalue weighted by Gasteiger charge is -2.00. The van der Waals surface area contributed by atoms with Gasteiger partial charge in [0.25, 0.3) is 0 Å². The summed E-state index contributed by atoms with van der Waals surface area (Å²) in [5.41, 5.74) is 4.51. The molecular formula is C19H23N3O2S. The summed E-state index contributed by atoms with van der Waals surface area (Å²) in [5.74, 6) is 0. The fourth-order valence-corrected chi connectivity index (χ4v) is 2.98. The molecule has 0 spiro atoms. The predicted molar refractivity (Wildman–Crippen MR) is 104 cm³/mol.